The molecule has 2 aromatic rings. The van der Waals surface area contributed by atoms with Gasteiger partial charge in [0.1, 0.15) is 18.5 Å². The normalized spacial score (nSPS) is 12.8. The van der Waals surface area contributed by atoms with Crippen molar-refractivity contribution in [2.75, 3.05) is 12.4 Å². The van der Waals surface area contributed by atoms with Crippen LogP contribution in [0.4, 0.5) is 0 Å². The molecule has 5 heteroatoms. The molecule has 0 aliphatic rings. The van der Waals surface area contributed by atoms with E-state index in [2.05, 4.69) is 0 Å². The molecule has 0 bridgehead atoms. The molecule has 0 saturated heterocycles. The molecule has 0 aliphatic heterocycles. The number of benzene rings is 2. The van der Waals surface area contributed by atoms with E-state index in [9.17, 15) is 13.5 Å². The minimum atomic E-state index is -3.41. The fourth-order valence-electron chi connectivity index (χ4n) is 2.63. The number of rotatable bonds is 7. The summed E-state index contributed by atoms with van der Waals surface area (Å²) in [4.78, 5) is 0. The molecule has 1 atom stereocenters. The van der Waals surface area contributed by atoms with Gasteiger partial charge in [0.15, 0.2) is 9.84 Å². The van der Waals surface area contributed by atoms with Crippen LogP contribution in [0, 0.1) is 20.8 Å². The molecule has 0 saturated carbocycles. The van der Waals surface area contributed by atoms with E-state index in [1.807, 2.05) is 51.1 Å². The lowest BCUT2D eigenvalue weighted by atomic mass is 10.1. The van der Waals surface area contributed by atoms with Crippen molar-refractivity contribution in [3.8, 4) is 5.75 Å². The number of aryl methyl sites for hydroxylation is 3. The van der Waals surface area contributed by atoms with Gasteiger partial charge in [-0.05, 0) is 38.5 Å². The number of hydrogen-bond donors (Lipinski definition) is 1. The molecule has 0 spiro atoms. The summed E-state index contributed by atoms with van der Waals surface area (Å²) >= 11 is 0. The summed E-state index contributed by atoms with van der Waals surface area (Å²) in [6.45, 7) is 5.80. The number of hydrogen-bond acceptors (Lipinski definition) is 4. The molecule has 0 fully saturated rings. The average molecular weight is 348 g/mol. The van der Waals surface area contributed by atoms with E-state index in [-0.39, 0.29) is 18.1 Å². The highest BCUT2D eigenvalue weighted by Gasteiger charge is 2.19. The Morgan fingerprint density at radius 3 is 2.12 bits per heavy atom. The summed E-state index contributed by atoms with van der Waals surface area (Å²) < 4.78 is 30.0. The van der Waals surface area contributed by atoms with Crippen molar-refractivity contribution in [2.45, 2.75) is 32.6 Å². The first kappa shape index (κ1) is 18.5. The Hall–Kier alpha value is -1.85. The monoisotopic (exact) mass is 348 g/mol. The molecule has 0 aromatic heterocycles. The molecule has 0 aliphatic carbocycles. The largest absolute Gasteiger partial charge is 0.491 e. The van der Waals surface area contributed by atoms with Crippen LogP contribution in [0.15, 0.2) is 42.5 Å². The molecule has 2 rings (SSSR count). The highest BCUT2D eigenvalue weighted by molar-refractivity contribution is 7.90. The maximum Gasteiger partial charge on any atom is 0.157 e. The van der Waals surface area contributed by atoms with Crippen molar-refractivity contribution < 1.29 is 18.3 Å². The Morgan fingerprint density at radius 2 is 1.54 bits per heavy atom. The van der Waals surface area contributed by atoms with E-state index in [0.717, 1.165) is 22.3 Å². The summed E-state index contributed by atoms with van der Waals surface area (Å²) in [5, 5.41) is 9.98. The van der Waals surface area contributed by atoms with Gasteiger partial charge in [-0.2, -0.15) is 0 Å². The van der Waals surface area contributed by atoms with E-state index >= 15 is 0 Å². The molecule has 1 N–H and O–H groups in total. The first-order chi connectivity index (χ1) is 11.2. The van der Waals surface area contributed by atoms with E-state index in [0.29, 0.717) is 5.75 Å². The lowest BCUT2D eigenvalue weighted by molar-refractivity contribution is 0.125. The van der Waals surface area contributed by atoms with Crippen molar-refractivity contribution in [3.63, 3.8) is 0 Å². The second-order valence-corrected chi connectivity index (χ2v) is 8.44. The van der Waals surface area contributed by atoms with Gasteiger partial charge in [-0.3, -0.25) is 0 Å². The van der Waals surface area contributed by atoms with Crippen LogP contribution in [-0.2, 0) is 15.6 Å². The van der Waals surface area contributed by atoms with Crippen LogP contribution in [0.5, 0.6) is 5.75 Å². The molecular weight excluding hydrogens is 324 g/mol. The van der Waals surface area contributed by atoms with E-state index < -0.39 is 15.9 Å². The van der Waals surface area contributed by atoms with Crippen molar-refractivity contribution in [1.82, 2.24) is 0 Å². The maximum absolute atomic E-state index is 12.3. The summed E-state index contributed by atoms with van der Waals surface area (Å²) in [6.07, 6.45) is -1.05. The predicted molar refractivity (Wildman–Crippen MR) is 96.1 cm³/mol. The SMILES string of the molecule is Cc1ccc(OCC(O)CS(=O)(=O)Cc2cc(C)cc(C)c2)cc1. The molecule has 4 nitrogen and oxygen atoms in total. The van der Waals surface area contributed by atoms with Crippen molar-refractivity contribution >= 4 is 9.84 Å². The van der Waals surface area contributed by atoms with Crippen LogP contribution in [0.1, 0.15) is 22.3 Å². The first-order valence-electron chi connectivity index (χ1n) is 7.89. The molecule has 24 heavy (non-hydrogen) atoms. The summed E-state index contributed by atoms with van der Waals surface area (Å²) in [7, 11) is -3.41. The topological polar surface area (TPSA) is 63.6 Å². The third kappa shape index (κ3) is 5.98. The molecule has 130 valence electrons. The Bertz CT molecular complexity index is 759. The van der Waals surface area contributed by atoms with Crippen LogP contribution >= 0.6 is 0 Å². The molecule has 2 aromatic carbocycles. The lowest BCUT2D eigenvalue weighted by Gasteiger charge is -2.13. The highest BCUT2D eigenvalue weighted by atomic mass is 32.2. The zero-order valence-electron chi connectivity index (χ0n) is 14.3. The smallest absolute Gasteiger partial charge is 0.157 e. The van der Waals surface area contributed by atoms with E-state index in [1.165, 1.54) is 0 Å². The van der Waals surface area contributed by atoms with Gasteiger partial charge in [-0.1, -0.05) is 47.0 Å². The highest BCUT2D eigenvalue weighted by Crippen LogP contribution is 2.14. The first-order valence-corrected chi connectivity index (χ1v) is 9.71. The third-order valence-electron chi connectivity index (χ3n) is 3.58. The van der Waals surface area contributed by atoms with Gasteiger partial charge in [0.05, 0.1) is 11.5 Å². The zero-order chi connectivity index (χ0) is 17.7. The third-order valence-corrected chi connectivity index (χ3v) is 5.24. The Balaban J connectivity index is 1.91. The fraction of sp³-hybridized carbons (Fsp3) is 0.368. The standard InChI is InChI=1S/C19H24O4S/c1-14-4-6-19(7-5-14)23-11-18(20)13-24(21,22)12-17-9-15(2)8-16(3)10-17/h4-10,18,20H,11-13H2,1-3H3. The number of ether oxygens (including phenoxy) is 1. The summed E-state index contributed by atoms with van der Waals surface area (Å²) in [5.41, 5.74) is 3.92. The number of sulfone groups is 1. The van der Waals surface area contributed by atoms with Gasteiger partial charge < -0.3 is 9.84 Å². The van der Waals surface area contributed by atoms with Crippen LogP contribution < -0.4 is 4.74 Å². The molecular formula is C19H24O4S. The van der Waals surface area contributed by atoms with Gasteiger partial charge in [0, 0.05) is 0 Å². The van der Waals surface area contributed by atoms with Gasteiger partial charge in [-0.15, -0.1) is 0 Å². The average Bonchev–Trinajstić information content (AvgIpc) is 2.44. The van der Waals surface area contributed by atoms with E-state index in [4.69, 9.17) is 4.74 Å². The minimum Gasteiger partial charge on any atom is -0.491 e. The Labute approximate surface area is 144 Å². The zero-order valence-corrected chi connectivity index (χ0v) is 15.1. The van der Waals surface area contributed by atoms with Gasteiger partial charge in [0.25, 0.3) is 0 Å². The minimum absolute atomic E-state index is 0.0465. The predicted octanol–water partition coefficient (Wildman–Crippen LogP) is 2.97. The van der Waals surface area contributed by atoms with Crippen molar-refractivity contribution in [1.29, 1.82) is 0 Å². The van der Waals surface area contributed by atoms with Gasteiger partial charge >= 0.3 is 0 Å². The Morgan fingerprint density at radius 1 is 0.958 bits per heavy atom. The van der Waals surface area contributed by atoms with Crippen LogP contribution in [0.3, 0.4) is 0 Å². The molecule has 0 amide bonds. The van der Waals surface area contributed by atoms with Crippen LogP contribution in [-0.4, -0.2) is 32.0 Å². The lowest BCUT2D eigenvalue weighted by Crippen LogP contribution is -2.27. The Kier molecular flexibility index (Phi) is 6.02. The van der Waals surface area contributed by atoms with Crippen LogP contribution in [0.25, 0.3) is 0 Å². The quantitative estimate of drug-likeness (QED) is 0.835. The summed E-state index contributed by atoms with van der Waals surface area (Å²) in [6, 6.07) is 13.1. The maximum atomic E-state index is 12.3. The van der Waals surface area contributed by atoms with E-state index in [1.54, 1.807) is 12.1 Å². The van der Waals surface area contributed by atoms with Crippen LogP contribution in [0.2, 0.25) is 0 Å². The van der Waals surface area contributed by atoms with Gasteiger partial charge in [-0.25, -0.2) is 8.42 Å². The summed E-state index contributed by atoms with van der Waals surface area (Å²) in [5.74, 6) is 0.231. The molecule has 1 unspecified atom stereocenters. The number of aliphatic hydroxyl groups is 1. The van der Waals surface area contributed by atoms with Crippen molar-refractivity contribution in [2.24, 2.45) is 0 Å². The molecule has 0 heterocycles. The second kappa shape index (κ2) is 7.81. The van der Waals surface area contributed by atoms with Gasteiger partial charge in [0.2, 0.25) is 0 Å². The van der Waals surface area contributed by atoms with Crippen molar-refractivity contribution in [3.05, 3.63) is 64.7 Å². The molecule has 0 radical (unpaired) electrons. The number of aliphatic hydroxyl groups excluding tert-OH is 1. The fourth-order valence-corrected chi connectivity index (χ4v) is 4.11. The second-order valence-electron chi connectivity index (χ2n) is 6.33.